The molecule has 3 fully saturated rings. The molecule has 2 unspecified atom stereocenters. The molecule has 0 saturated carbocycles. The summed E-state index contributed by atoms with van der Waals surface area (Å²) in [5, 5.41) is 3.56. The smallest absolute Gasteiger partial charge is 0.193 e. The third-order valence-corrected chi connectivity index (χ3v) is 6.08. The van der Waals surface area contributed by atoms with Crippen LogP contribution in [0.25, 0.3) is 0 Å². The number of nitrogens with zero attached hydrogens (tertiary/aromatic N) is 4. The van der Waals surface area contributed by atoms with E-state index in [9.17, 15) is 0 Å². The van der Waals surface area contributed by atoms with Crippen LogP contribution in [0, 0.1) is 0 Å². The van der Waals surface area contributed by atoms with Crippen molar-refractivity contribution in [3.63, 3.8) is 0 Å². The second kappa shape index (κ2) is 9.04. The Kier molecular flexibility index (Phi) is 6.27. The molecule has 3 heterocycles. The predicted molar refractivity (Wildman–Crippen MR) is 109 cm³/mol. The van der Waals surface area contributed by atoms with Gasteiger partial charge < -0.3 is 15.0 Å². The molecule has 0 bridgehead atoms. The van der Waals surface area contributed by atoms with E-state index < -0.39 is 0 Å². The molecular weight excluding hydrogens is 338 g/mol. The highest BCUT2D eigenvalue weighted by Gasteiger charge is 2.32. The first kappa shape index (κ1) is 18.7. The molecule has 3 aliphatic heterocycles. The number of hydrogen-bond acceptors (Lipinski definition) is 4. The van der Waals surface area contributed by atoms with Crippen LogP contribution >= 0.6 is 0 Å². The number of aliphatic imine (C=N–C) groups is 1. The van der Waals surface area contributed by atoms with Crippen LogP contribution in [0.1, 0.15) is 18.4 Å². The van der Waals surface area contributed by atoms with Crippen LogP contribution in [0.2, 0.25) is 0 Å². The Labute approximate surface area is 163 Å². The second-order valence-electron chi connectivity index (χ2n) is 7.92. The van der Waals surface area contributed by atoms with Gasteiger partial charge in [-0.3, -0.25) is 14.8 Å². The maximum Gasteiger partial charge on any atom is 0.193 e. The zero-order chi connectivity index (χ0) is 18.5. The maximum atomic E-state index is 6.07. The summed E-state index contributed by atoms with van der Waals surface area (Å²) in [4.78, 5) is 12.0. The summed E-state index contributed by atoms with van der Waals surface area (Å²) in [6.07, 6.45) is 2.90. The van der Waals surface area contributed by atoms with Gasteiger partial charge in [-0.2, -0.15) is 0 Å². The molecule has 148 valence electrons. The molecule has 0 aliphatic carbocycles. The summed E-state index contributed by atoms with van der Waals surface area (Å²) < 4.78 is 6.07. The van der Waals surface area contributed by atoms with E-state index >= 15 is 0 Å². The van der Waals surface area contributed by atoms with Crippen molar-refractivity contribution in [3.8, 4) is 0 Å². The summed E-state index contributed by atoms with van der Waals surface area (Å²) in [6, 6.07) is 11.4. The normalized spacial score (nSPS) is 27.6. The second-order valence-corrected chi connectivity index (χ2v) is 7.92. The van der Waals surface area contributed by atoms with Crippen LogP contribution in [0.4, 0.5) is 0 Å². The van der Waals surface area contributed by atoms with E-state index in [1.165, 1.54) is 24.9 Å². The van der Waals surface area contributed by atoms with Crippen LogP contribution in [0.3, 0.4) is 0 Å². The molecule has 0 spiro atoms. The molecule has 1 aromatic rings. The molecule has 1 N–H and O–H groups in total. The summed E-state index contributed by atoms with van der Waals surface area (Å²) in [6.45, 7) is 9.26. The van der Waals surface area contributed by atoms with Gasteiger partial charge in [-0.1, -0.05) is 30.3 Å². The number of nitrogens with one attached hydrogen (secondary N) is 1. The van der Waals surface area contributed by atoms with E-state index in [1.807, 2.05) is 7.05 Å². The molecule has 27 heavy (non-hydrogen) atoms. The summed E-state index contributed by atoms with van der Waals surface area (Å²) >= 11 is 0. The lowest BCUT2D eigenvalue weighted by atomic mass is 10.2. The van der Waals surface area contributed by atoms with E-state index in [0.717, 1.165) is 58.4 Å². The van der Waals surface area contributed by atoms with Gasteiger partial charge in [0.05, 0.1) is 12.7 Å². The molecule has 3 saturated heterocycles. The summed E-state index contributed by atoms with van der Waals surface area (Å²) in [7, 11) is 1.89. The molecule has 4 rings (SSSR count). The number of hydrogen-bond donors (Lipinski definition) is 1. The van der Waals surface area contributed by atoms with E-state index in [4.69, 9.17) is 4.74 Å². The molecule has 0 radical (unpaired) electrons. The Morgan fingerprint density at radius 1 is 1.15 bits per heavy atom. The molecule has 0 amide bonds. The van der Waals surface area contributed by atoms with Crippen molar-refractivity contribution in [1.82, 2.24) is 20.0 Å². The molecule has 1 aromatic carbocycles. The minimum absolute atomic E-state index is 0.274. The van der Waals surface area contributed by atoms with Crippen LogP contribution in [-0.2, 0) is 11.3 Å². The SMILES string of the molecule is CN=C(NCC1CN2CCCC2CO1)N1CCN(Cc2ccccc2)CC1. The average molecular weight is 372 g/mol. The number of ether oxygens (including phenoxy) is 1. The largest absolute Gasteiger partial charge is 0.373 e. The van der Waals surface area contributed by atoms with Crippen molar-refractivity contribution in [3.05, 3.63) is 35.9 Å². The summed E-state index contributed by atoms with van der Waals surface area (Å²) in [5.74, 6) is 1.02. The molecule has 2 atom stereocenters. The van der Waals surface area contributed by atoms with Gasteiger partial charge in [0.25, 0.3) is 0 Å². The van der Waals surface area contributed by atoms with Gasteiger partial charge in [0, 0.05) is 58.9 Å². The van der Waals surface area contributed by atoms with Crippen LogP contribution in [-0.4, -0.2) is 92.3 Å². The summed E-state index contributed by atoms with van der Waals surface area (Å²) in [5.41, 5.74) is 1.39. The van der Waals surface area contributed by atoms with E-state index in [0.29, 0.717) is 6.04 Å². The Balaban J connectivity index is 1.21. The number of piperazine rings is 1. The fourth-order valence-corrected chi connectivity index (χ4v) is 4.51. The monoisotopic (exact) mass is 371 g/mol. The quantitative estimate of drug-likeness (QED) is 0.637. The maximum absolute atomic E-state index is 6.07. The zero-order valence-corrected chi connectivity index (χ0v) is 16.5. The molecule has 0 aromatic heterocycles. The molecule has 6 heteroatoms. The van der Waals surface area contributed by atoms with Gasteiger partial charge in [0.15, 0.2) is 5.96 Å². The van der Waals surface area contributed by atoms with Gasteiger partial charge >= 0.3 is 0 Å². The topological polar surface area (TPSA) is 43.3 Å². The standard InChI is InChI=1S/C21H33N5O/c1-22-21(23-14-20-16-26-9-5-8-19(26)17-27-20)25-12-10-24(11-13-25)15-18-6-3-2-4-7-18/h2-4,6-7,19-20H,5,8-17H2,1H3,(H,22,23). The first-order valence-corrected chi connectivity index (χ1v) is 10.4. The third kappa shape index (κ3) is 4.81. The minimum Gasteiger partial charge on any atom is -0.373 e. The van der Waals surface area contributed by atoms with Crippen LogP contribution in [0.15, 0.2) is 35.3 Å². The average Bonchev–Trinajstić information content (AvgIpc) is 3.18. The van der Waals surface area contributed by atoms with Gasteiger partial charge in [0.1, 0.15) is 0 Å². The fourth-order valence-electron chi connectivity index (χ4n) is 4.51. The van der Waals surface area contributed by atoms with Crippen molar-refractivity contribution in [2.24, 2.45) is 4.99 Å². The minimum atomic E-state index is 0.274. The van der Waals surface area contributed by atoms with Crippen molar-refractivity contribution in [2.45, 2.75) is 31.5 Å². The number of guanidine groups is 1. The number of rotatable bonds is 4. The Hall–Kier alpha value is -1.63. The Morgan fingerprint density at radius 3 is 2.74 bits per heavy atom. The van der Waals surface area contributed by atoms with Crippen LogP contribution in [0.5, 0.6) is 0 Å². The molecule has 6 nitrogen and oxygen atoms in total. The highest BCUT2D eigenvalue weighted by atomic mass is 16.5. The fraction of sp³-hybridized carbons (Fsp3) is 0.667. The van der Waals surface area contributed by atoms with Gasteiger partial charge in [0.2, 0.25) is 0 Å². The number of fused-ring (bicyclic) bond motifs is 1. The lowest BCUT2D eigenvalue weighted by molar-refractivity contribution is -0.0455. The first-order chi connectivity index (χ1) is 13.3. The van der Waals surface area contributed by atoms with Crippen molar-refractivity contribution in [2.75, 3.05) is 59.5 Å². The first-order valence-electron chi connectivity index (χ1n) is 10.4. The number of morpholine rings is 1. The Bertz CT molecular complexity index is 614. The van der Waals surface area contributed by atoms with Crippen molar-refractivity contribution < 1.29 is 4.74 Å². The van der Waals surface area contributed by atoms with Gasteiger partial charge in [-0.15, -0.1) is 0 Å². The predicted octanol–water partition coefficient (Wildman–Crippen LogP) is 1.24. The highest BCUT2D eigenvalue weighted by Crippen LogP contribution is 2.22. The van der Waals surface area contributed by atoms with Gasteiger partial charge in [-0.05, 0) is 24.9 Å². The van der Waals surface area contributed by atoms with Crippen molar-refractivity contribution >= 4 is 5.96 Å². The Morgan fingerprint density at radius 2 is 1.96 bits per heavy atom. The lowest BCUT2D eigenvalue weighted by Gasteiger charge is -2.38. The van der Waals surface area contributed by atoms with Crippen LogP contribution < -0.4 is 5.32 Å². The van der Waals surface area contributed by atoms with E-state index in [1.54, 1.807) is 0 Å². The van der Waals surface area contributed by atoms with Gasteiger partial charge in [-0.25, -0.2) is 0 Å². The number of benzene rings is 1. The zero-order valence-electron chi connectivity index (χ0n) is 16.5. The van der Waals surface area contributed by atoms with E-state index in [2.05, 4.69) is 55.3 Å². The molecule has 3 aliphatic rings. The lowest BCUT2D eigenvalue weighted by Crippen LogP contribution is -2.55. The van der Waals surface area contributed by atoms with E-state index in [-0.39, 0.29) is 6.10 Å². The highest BCUT2D eigenvalue weighted by molar-refractivity contribution is 5.80. The van der Waals surface area contributed by atoms with Crippen molar-refractivity contribution in [1.29, 1.82) is 0 Å². The molecular formula is C21H33N5O. The third-order valence-electron chi connectivity index (χ3n) is 6.08.